The molecule has 0 unspecified atom stereocenters. The van der Waals surface area contributed by atoms with Crippen LogP contribution in [-0.2, 0) is 16.2 Å². The van der Waals surface area contributed by atoms with E-state index < -0.39 is 0 Å². The first-order valence-electron chi connectivity index (χ1n) is 18.8. The minimum absolute atomic E-state index is 0.0174. The second kappa shape index (κ2) is 12.0. The Kier molecular flexibility index (Phi) is 7.97. The molecule has 0 amide bonds. The Morgan fingerprint density at radius 3 is 1.56 bits per heavy atom. The average Bonchev–Trinajstić information content (AvgIpc) is 3.43. The van der Waals surface area contributed by atoms with Gasteiger partial charge in [0.15, 0.2) is 0 Å². The van der Waals surface area contributed by atoms with E-state index in [4.69, 9.17) is 0 Å². The molecule has 0 saturated carbocycles. The molecular formula is C48H51BN2S. The van der Waals surface area contributed by atoms with Crippen LogP contribution in [0.3, 0.4) is 0 Å². The Bertz CT molecular complexity index is 2310. The summed E-state index contributed by atoms with van der Waals surface area (Å²) in [6.45, 7) is 25.5. The minimum Gasteiger partial charge on any atom is -0.311 e. The third-order valence-corrected chi connectivity index (χ3v) is 12.3. The Labute approximate surface area is 316 Å². The van der Waals surface area contributed by atoms with Crippen molar-refractivity contribution in [3.63, 3.8) is 0 Å². The highest BCUT2D eigenvalue weighted by Gasteiger charge is 2.46. The van der Waals surface area contributed by atoms with E-state index >= 15 is 0 Å². The molecule has 0 spiro atoms. The number of anilines is 6. The molecule has 0 bridgehead atoms. The molecule has 4 heteroatoms. The van der Waals surface area contributed by atoms with Gasteiger partial charge in [0, 0.05) is 43.7 Å². The second-order valence-corrected chi connectivity index (χ2v) is 19.3. The normalized spacial score (nSPS) is 13.9. The van der Waals surface area contributed by atoms with Gasteiger partial charge in [-0.3, -0.25) is 0 Å². The molecule has 52 heavy (non-hydrogen) atoms. The first-order valence-corrected chi connectivity index (χ1v) is 19.6. The van der Waals surface area contributed by atoms with Crippen molar-refractivity contribution >= 4 is 67.9 Å². The Morgan fingerprint density at radius 2 is 1.02 bits per heavy atom. The van der Waals surface area contributed by atoms with E-state index in [1.807, 2.05) is 11.3 Å². The summed E-state index contributed by atoms with van der Waals surface area (Å²) in [4.78, 5) is 6.49. The van der Waals surface area contributed by atoms with Gasteiger partial charge in [0.2, 0.25) is 0 Å². The Balaban J connectivity index is 1.47. The van der Waals surface area contributed by atoms with Gasteiger partial charge in [-0.15, -0.1) is 0 Å². The summed E-state index contributed by atoms with van der Waals surface area (Å²) in [5, 5.41) is 0. The fraction of sp³-hybridized carbons (Fsp3) is 0.292. The van der Waals surface area contributed by atoms with Crippen molar-refractivity contribution in [1.82, 2.24) is 0 Å². The summed E-state index contributed by atoms with van der Waals surface area (Å²) >= 11 is 1.98. The third kappa shape index (κ3) is 5.62. The summed E-state index contributed by atoms with van der Waals surface area (Å²) in [6.07, 6.45) is 0. The fourth-order valence-electron chi connectivity index (χ4n) is 8.24. The zero-order valence-corrected chi connectivity index (χ0v) is 33.6. The van der Waals surface area contributed by atoms with Crippen molar-refractivity contribution in [2.24, 2.45) is 0 Å². The molecule has 0 aliphatic carbocycles. The van der Waals surface area contributed by atoms with Crippen LogP contribution in [0.5, 0.6) is 0 Å². The maximum absolute atomic E-state index is 2.59. The van der Waals surface area contributed by atoms with E-state index in [0.29, 0.717) is 0 Å². The van der Waals surface area contributed by atoms with Gasteiger partial charge in [-0.2, -0.15) is 11.3 Å². The lowest BCUT2D eigenvalue weighted by Crippen LogP contribution is -2.60. The molecule has 262 valence electrons. The molecule has 2 aliphatic heterocycles. The van der Waals surface area contributed by atoms with Crippen LogP contribution < -0.4 is 25.5 Å². The van der Waals surface area contributed by atoms with Gasteiger partial charge in [-0.25, -0.2) is 0 Å². The summed E-state index contributed by atoms with van der Waals surface area (Å²) < 4.78 is 1.42. The summed E-state index contributed by atoms with van der Waals surface area (Å²) in [5.41, 5.74) is 18.4. The van der Waals surface area contributed by atoms with Gasteiger partial charge in [0.05, 0.1) is 5.69 Å². The number of hydrogen-bond donors (Lipinski definition) is 0. The van der Waals surface area contributed by atoms with Crippen molar-refractivity contribution in [3.05, 3.63) is 136 Å². The van der Waals surface area contributed by atoms with Gasteiger partial charge in [0.1, 0.15) is 0 Å². The quantitative estimate of drug-likeness (QED) is 0.170. The van der Waals surface area contributed by atoms with Crippen LogP contribution in [-0.4, -0.2) is 6.71 Å². The Hall–Kier alpha value is -4.54. The topological polar surface area (TPSA) is 6.48 Å². The molecule has 0 saturated heterocycles. The lowest BCUT2D eigenvalue weighted by atomic mass is 9.36. The van der Waals surface area contributed by atoms with Crippen molar-refractivity contribution in [1.29, 1.82) is 0 Å². The number of aryl methyl sites for hydroxylation is 2. The molecule has 0 N–H and O–H groups in total. The summed E-state index contributed by atoms with van der Waals surface area (Å²) in [7, 11) is 0. The highest BCUT2D eigenvalue weighted by Crippen LogP contribution is 2.50. The zero-order chi connectivity index (χ0) is 36.9. The van der Waals surface area contributed by atoms with Gasteiger partial charge in [-0.1, -0.05) is 129 Å². The lowest BCUT2D eigenvalue weighted by molar-refractivity contribution is 0.590. The molecule has 2 nitrogen and oxygen atoms in total. The molecular weight excluding hydrogens is 647 g/mol. The number of hydrogen-bond acceptors (Lipinski definition) is 3. The van der Waals surface area contributed by atoms with Crippen molar-refractivity contribution in [2.75, 3.05) is 9.80 Å². The van der Waals surface area contributed by atoms with Crippen LogP contribution in [0.15, 0.2) is 109 Å². The first kappa shape index (κ1) is 34.5. The van der Waals surface area contributed by atoms with Crippen molar-refractivity contribution in [2.45, 2.75) is 92.4 Å². The standard InChI is InChI=1S/C48H51BN2S/c1-30-27-40-43-41(28-30)51(37-24-19-34(20-25-37)47(6,7)8)44-42(32-15-13-12-14-16-32)31(2)52-45(44)49(43)38-29-35(48(9,10)11)21-26-39(38)50(40)36-22-17-33(18-23-36)46(3,4)5/h12-29H,1-11H3. The van der Waals surface area contributed by atoms with E-state index in [-0.39, 0.29) is 23.0 Å². The number of rotatable bonds is 3. The van der Waals surface area contributed by atoms with Gasteiger partial charge < -0.3 is 9.80 Å². The largest absolute Gasteiger partial charge is 0.311 e. The van der Waals surface area contributed by atoms with Gasteiger partial charge in [-0.05, 0) is 111 Å². The highest BCUT2D eigenvalue weighted by atomic mass is 32.1. The van der Waals surface area contributed by atoms with Gasteiger partial charge >= 0.3 is 0 Å². The number of fused-ring (bicyclic) bond motifs is 4. The maximum Gasteiger partial charge on any atom is 0.264 e. The van der Waals surface area contributed by atoms with Crippen molar-refractivity contribution in [3.8, 4) is 11.1 Å². The summed E-state index contributed by atoms with van der Waals surface area (Å²) in [5.74, 6) is 0. The summed E-state index contributed by atoms with van der Waals surface area (Å²) in [6, 6.07) is 41.8. The smallest absolute Gasteiger partial charge is 0.264 e. The van der Waals surface area contributed by atoms with E-state index in [9.17, 15) is 0 Å². The highest BCUT2D eigenvalue weighted by molar-refractivity contribution is 7.29. The molecule has 1 aromatic heterocycles. The van der Waals surface area contributed by atoms with Gasteiger partial charge in [0.25, 0.3) is 6.71 Å². The predicted molar refractivity (Wildman–Crippen MR) is 229 cm³/mol. The number of nitrogens with zero attached hydrogens (tertiary/aromatic N) is 2. The number of thiophene rings is 1. The maximum atomic E-state index is 2.59. The van der Waals surface area contributed by atoms with Crippen LogP contribution in [0.2, 0.25) is 0 Å². The molecule has 0 fully saturated rings. The SMILES string of the molecule is Cc1cc2c3c(c1)N(c1ccc(C(C)(C)C)cc1)c1c(sc(C)c1-c1ccccc1)B3c1cc(C(C)(C)C)ccc1N2c1ccc(C(C)(C)C)cc1. The monoisotopic (exact) mass is 698 g/mol. The molecule has 2 aliphatic rings. The van der Waals surface area contributed by atoms with Crippen LogP contribution >= 0.6 is 11.3 Å². The Morgan fingerprint density at radius 1 is 0.519 bits per heavy atom. The predicted octanol–water partition coefficient (Wildman–Crippen LogP) is 12.0. The lowest BCUT2D eigenvalue weighted by Gasteiger charge is -2.44. The van der Waals surface area contributed by atoms with E-state index in [1.54, 1.807) is 0 Å². The first-order chi connectivity index (χ1) is 24.5. The number of benzene rings is 5. The van der Waals surface area contributed by atoms with Crippen LogP contribution in [0.4, 0.5) is 34.1 Å². The zero-order valence-electron chi connectivity index (χ0n) is 32.8. The average molecular weight is 699 g/mol. The van der Waals surface area contributed by atoms with E-state index in [1.165, 1.54) is 88.1 Å². The molecule has 5 aromatic carbocycles. The van der Waals surface area contributed by atoms with Crippen LogP contribution in [0, 0.1) is 13.8 Å². The molecule has 6 aromatic rings. The van der Waals surface area contributed by atoms with Crippen molar-refractivity contribution < 1.29 is 0 Å². The minimum atomic E-state index is 0.0174. The van der Waals surface area contributed by atoms with Crippen LogP contribution in [0.25, 0.3) is 11.1 Å². The second-order valence-electron chi connectivity index (χ2n) is 18.1. The fourth-order valence-corrected chi connectivity index (χ4v) is 9.54. The molecule has 0 radical (unpaired) electrons. The van der Waals surface area contributed by atoms with E-state index in [2.05, 4.69) is 195 Å². The molecule has 0 atom stereocenters. The molecule has 8 rings (SSSR count). The molecule has 3 heterocycles. The third-order valence-electron chi connectivity index (χ3n) is 11.1. The van der Waals surface area contributed by atoms with E-state index in [0.717, 1.165) is 0 Å². The van der Waals surface area contributed by atoms with Crippen LogP contribution in [0.1, 0.15) is 89.4 Å².